The second kappa shape index (κ2) is 5.21. The van der Waals surface area contributed by atoms with Crippen LogP contribution in [0.4, 0.5) is 4.79 Å². The SMILES string of the molecule is C=CCON1C(=O)N2C[C@H]1c1ccccc1C2C(=O)OC. The molecule has 2 amide bonds. The molecule has 0 aliphatic carbocycles. The molecule has 2 bridgehead atoms. The number of rotatable bonds is 4. The average molecular weight is 288 g/mol. The van der Waals surface area contributed by atoms with Gasteiger partial charge in [-0.05, 0) is 11.1 Å². The number of benzene rings is 1. The smallest absolute Gasteiger partial charge is 0.345 e. The van der Waals surface area contributed by atoms with Gasteiger partial charge in [-0.2, -0.15) is 5.06 Å². The number of ether oxygens (including phenoxy) is 1. The summed E-state index contributed by atoms with van der Waals surface area (Å²) in [7, 11) is 1.32. The molecule has 6 heteroatoms. The Kier molecular flexibility index (Phi) is 3.39. The summed E-state index contributed by atoms with van der Waals surface area (Å²) in [5, 5.41) is 1.32. The van der Waals surface area contributed by atoms with Crippen LogP contribution in [0.3, 0.4) is 0 Å². The third-order valence-electron chi connectivity index (χ3n) is 3.80. The molecular formula is C15H16N2O4. The minimum atomic E-state index is -0.715. The fourth-order valence-corrected chi connectivity index (χ4v) is 2.91. The van der Waals surface area contributed by atoms with E-state index in [2.05, 4.69) is 6.58 Å². The van der Waals surface area contributed by atoms with Gasteiger partial charge in [0.1, 0.15) is 6.04 Å². The number of nitrogens with zero attached hydrogens (tertiary/aromatic N) is 2. The number of carbonyl (C=O) groups excluding carboxylic acids is 2. The quantitative estimate of drug-likeness (QED) is 0.626. The van der Waals surface area contributed by atoms with Crippen LogP contribution in [0.25, 0.3) is 0 Å². The van der Waals surface area contributed by atoms with E-state index in [0.29, 0.717) is 6.54 Å². The Morgan fingerprint density at radius 1 is 1.43 bits per heavy atom. The first-order valence-electron chi connectivity index (χ1n) is 6.69. The van der Waals surface area contributed by atoms with Crippen molar-refractivity contribution in [3.05, 3.63) is 48.0 Å². The zero-order valence-electron chi connectivity index (χ0n) is 11.7. The number of carbonyl (C=O) groups is 2. The van der Waals surface area contributed by atoms with Crippen molar-refractivity contribution in [3.63, 3.8) is 0 Å². The Morgan fingerprint density at radius 3 is 2.81 bits per heavy atom. The Bertz CT molecular complexity index is 601. The van der Waals surface area contributed by atoms with Crippen molar-refractivity contribution < 1.29 is 19.2 Å². The first-order valence-corrected chi connectivity index (χ1v) is 6.69. The summed E-state index contributed by atoms with van der Waals surface area (Å²) in [6, 6.07) is 6.24. The number of amides is 2. The van der Waals surface area contributed by atoms with Gasteiger partial charge in [-0.25, -0.2) is 9.59 Å². The molecule has 0 radical (unpaired) electrons. The lowest BCUT2D eigenvalue weighted by molar-refractivity contribution is -0.146. The number of hydrogen-bond donors (Lipinski definition) is 0. The first-order chi connectivity index (χ1) is 10.2. The van der Waals surface area contributed by atoms with Gasteiger partial charge in [0.25, 0.3) is 0 Å². The molecule has 0 aromatic heterocycles. The maximum absolute atomic E-state index is 12.5. The highest BCUT2D eigenvalue weighted by Crippen LogP contribution is 2.44. The van der Waals surface area contributed by atoms with Crippen molar-refractivity contribution in [1.82, 2.24) is 9.96 Å². The van der Waals surface area contributed by atoms with Crippen LogP contribution in [-0.4, -0.2) is 42.2 Å². The second-order valence-corrected chi connectivity index (χ2v) is 4.92. The number of esters is 1. The molecule has 0 N–H and O–H groups in total. The van der Waals surface area contributed by atoms with E-state index < -0.39 is 12.0 Å². The lowest BCUT2D eigenvalue weighted by Gasteiger charge is -2.30. The van der Waals surface area contributed by atoms with Crippen LogP contribution in [-0.2, 0) is 14.4 Å². The highest BCUT2D eigenvalue weighted by molar-refractivity contribution is 5.88. The molecule has 2 aliphatic heterocycles. The van der Waals surface area contributed by atoms with Gasteiger partial charge < -0.3 is 9.64 Å². The lowest BCUT2D eigenvalue weighted by atomic mass is 9.91. The topological polar surface area (TPSA) is 59.1 Å². The highest BCUT2D eigenvalue weighted by Gasteiger charge is 2.51. The molecule has 1 saturated heterocycles. The monoisotopic (exact) mass is 288 g/mol. The molecule has 110 valence electrons. The molecule has 1 aromatic carbocycles. The second-order valence-electron chi connectivity index (χ2n) is 4.92. The van der Waals surface area contributed by atoms with Crippen molar-refractivity contribution in [3.8, 4) is 0 Å². The summed E-state index contributed by atoms with van der Waals surface area (Å²) in [5.41, 5.74) is 1.71. The van der Waals surface area contributed by atoms with Crippen LogP contribution in [0.15, 0.2) is 36.9 Å². The van der Waals surface area contributed by atoms with E-state index in [4.69, 9.17) is 9.57 Å². The normalized spacial score (nSPS) is 23.0. The van der Waals surface area contributed by atoms with Gasteiger partial charge in [0.15, 0.2) is 6.04 Å². The molecule has 0 spiro atoms. The van der Waals surface area contributed by atoms with Gasteiger partial charge in [0.05, 0.1) is 20.3 Å². The fraction of sp³-hybridized carbons (Fsp3) is 0.333. The van der Waals surface area contributed by atoms with Crippen molar-refractivity contribution in [2.24, 2.45) is 0 Å². The summed E-state index contributed by atoms with van der Waals surface area (Å²) < 4.78 is 4.85. The number of fused-ring (bicyclic) bond motifs is 4. The molecule has 1 aromatic rings. The van der Waals surface area contributed by atoms with Gasteiger partial charge in [-0.15, -0.1) is 6.58 Å². The molecule has 1 fully saturated rings. The molecule has 2 aliphatic rings. The average Bonchev–Trinajstić information content (AvgIpc) is 2.79. The lowest BCUT2D eigenvalue weighted by Crippen LogP contribution is -2.39. The molecular weight excluding hydrogens is 272 g/mol. The molecule has 0 saturated carbocycles. The molecule has 2 atom stereocenters. The van der Waals surface area contributed by atoms with Crippen LogP contribution in [0.5, 0.6) is 0 Å². The first kappa shape index (κ1) is 13.6. The summed E-state index contributed by atoms with van der Waals surface area (Å²) in [5.74, 6) is -0.445. The van der Waals surface area contributed by atoms with Crippen molar-refractivity contribution in [1.29, 1.82) is 0 Å². The Hall–Kier alpha value is -2.34. The van der Waals surface area contributed by atoms with Crippen molar-refractivity contribution in [2.75, 3.05) is 20.3 Å². The summed E-state index contributed by atoms with van der Waals surface area (Å²) >= 11 is 0. The van der Waals surface area contributed by atoms with Crippen LogP contribution in [0.1, 0.15) is 23.2 Å². The third kappa shape index (κ3) is 1.99. The van der Waals surface area contributed by atoms with Gasteiger partial charge in [0.2, 0.25) is 0 Å². The molecule has 1 unspecified atom stereocenters. The standard InChI is InChI=1S/C15H16N2O4/c1-3-8-21-17-12-9-16(15(17)19)13(14(18)20-2)11-7-5-4-6-10(11)12/h3-7,12-13H,1,8-9H2,2H3/t12-,13?/m0/s1. The Labute approximate surface area is 122 Å². The van der Waals surface area contributed by atoms with Crippen LogP contribution in [0, 0.1) is 0 Å². The zero-order valence-corrected chi connectivity index (χ0v) is 11.7. The van der Waals surface area contributed by atoms with E-state index in [9.17, 15) is 9.59 Å². The van der Waals surface area contributed by atoms with Gasteiger partial charge >= 0.3 is 12.0 Å². The molecule has 2 heterocycles. The van der Waals surface area contributed by atoms with Gasteiger partial charge in [-0.1, -0.05) is 30.3 Å². The van der Waals surface area contributed by atoms with E-state index in [1.54, 1.807) is 6.08 Å². The Balaban J connectivity index is 2.05. The van der Waals surface area contributed by atoms with Gasteiger partial charge in [-0.3, -0.25) is 4.84 Å². The zero-order chi connectivity index (χ0) is 15.0. The van der Waals surface area contributed by atoms with Gasteiger partial charge in [0, 0.05) is 0 Å². The number of hydrogen-bond acceptors (Lipinski definition) is 4. The van der Waals surface area contributed by atoms with E-state index in [-0.39, 0.29) is 18.7 Å². The Morgan fingerprint density at radius 2 is 2.14 bits per heavy atom. The van der Waals surface area contributed by atoms with E-state index >= 15 is 0 Å². The molecule has 21 heavy (non-hydrogen) atoms. The van der Waals surface area contributed by atoms with Crippen molar-refractivity contribution in [2.45, 2.75) is 12.1 Å². The van der Waals surface area contributed by atoms with Crippen molar-refractivity contribution >= 4 is 12.0 Å². The third-order valence-corrected chi connectivity index (χ3v) is 3.80. The summed E-state index contributed by atoms with van der Waals surface area (Å²) in [6.07, 6.45) is 1.58. The van der Waals surface area contributed by atoms with E-state index in [1.165, 1.54) is 17.1 Å². The van der Waals surface area contributed by atoms with Crippen LogP contribution in [0.2, 0.25) is 0 Å². The number of methoxy groups -OCH3 is 1. The van der Waals surface area contributed by atoms with Crippen LogP contribution < -0.4 is 0 Å². The highest BCUT2D eigenvalue weighted by atomic mass is 16.7. The predicted octanol–water partition coefficient (Wildman–Crippen LogP) is 1.81. The van der Waals surface area contributed by atoms with E-state index in [1.807, 2.05) is 24.3 Å². The summed E-state index contributed by atoms with van der Waals surface area (Å²) in [4.78, 5) is 31.5. The minimum Gasteiger partial charge on any atom is -0.467 e. The molecule has 6 nitrogen and oxygen atoms in total. The van der Waals surface area contributed by atoms with E-state index in [0.717, 1.165) is 11.1 Å². The minimum absolute atomic E-state index is 0.213. The largest absolute Gasteiger partial charge is 0.467 e. The van der Waals surface area contributed by atoms with Crippen LogP contribution >= 0.6 is 0 Å². The maximum atomic E-state index is 12.5. The summed E-state index contributed by atoms with van der Waals surface area (Å²) in [6.45, 7) is 4.23. The maximum Gasteiger partial charge on any atom is 0.345 e. The number of urea groups is 1. The fourth-order valence-electron chi connectivity index (χ4n) is 2.91. The number of hydroxylamine groups is 2. The molecule has 3 rings (SSSR count). The predicted molar refractivity (Wildman–Crippen MR) is 74.0 cm³/mol.